The molecule has 5 nitrogen and oxygen atoms in total. The first-order valence-electron chi connectivity index (χ1n) is 8.84. The fourth-order valence-electron chi connectivity index (χ4n) is 2.94. The van der Waals surface area contributed by atoms with Gasteiger partial charge in [-0.05, 0) is 37.1 Å². The Labute approximate surface area is 154 Å². The maximum Gasteiger partial charge on any atom is 0.140 e. The molecule has 3 rings (SSSR count). The minimum Gasteiger partial charge on any atom is -0.486 e. The van der Waals surface area contributed by atoms with Crippen LogP contribution in [0.25, 0.3) is 0 Å². The lowest BCUT2D eigenvalue weighted by Crippen LogP contribution is -2.40. The number of thiazole rings is 1. The molecule has 1 saturated heterocycles. The summed E-state index contributed by atoms with van der Waals surface area (Å²) in [6.07, 6.45) is 0. The standard InChI is InChI=1S/C19H27N3O2S/c1-15-9-16(2)11-18(10-15)24-13-19-21-17(14-25-19)12-20-3-4-22-5-7-23-8-6-22/h9-11,14,20H,3-8,12-13H2,1-2H3. The third kappa shape index (κ3) is 6.08. The number of aromatic nitrogens is 1. The van der Waals surface area contributed by atoms with Crippen molar-refractivity contribution in [2.45, 2.75) is 27.0 Å². The van der Waals surface area contributed by atoms with Gasteiger partial charge in [0.2, 0.25) is 0 Å². The van der Waals surface area contributed by atoms with Gasteiger partial charge >= 0.3 is 0 Å². The van der Waals surface area contributed by atoms with Gasteiger partial charge in [0.25, 0.3) is 0 Å². The van der Waals surface area contributed by atoms with Crippen LogP contribution in [0.3, 0.4) is 0 Å². The summed E-state index contributed by atoms with van der Waals surface area (Å²) in [6, 6.07) is 6.28. The first-order valence-corrected chi connectivity index (χ1v) is 9.72. The van der Waals surface area contributed by atoms with E-state index in [1.807, 2.05) is 0 Å². The van der Waals surface area contributed by atoms with Crippen LogP contribution in [0.15, 0.2) is 23.6 Å². The number of ether oxygens (including phenoxy) is 2. The van der Waals surface area contributed by atoms with Gasteiger partial charge in [-0.1, -0.05) is 6.07 Å². The Morgan fingerprint density at radius 2 is 1.96 bits per heavy atom. The zero-order chi connectivity index (χ0) is 17.5. The fourth-order valence-corrected chi connectivity index (χ4v) is 3.64. The lowest BCUT2D eigenvalue weighted by molar-refractivity contribution is 0.0384. The quantitative estimate of drug-likeness (QED) is 0.733. The number of hydrogen-bond acceptors (Lipinski definition) is 6. The minimum atomic E-state index is 0.529. The van der Waals surface area contributed by atoms with E-state index in [9.17, 15) is 0 Å². The number of nitrogens with zero attached hydrogens (tertiary/aromatic N) is 2. The van der Waals surface area contributed by atoms with Crippen LogP contribution in [0.5, 0.6) is 5.75 Å². The smallest absolute Gasteiger partial charge is 0.140 e. The monoisotopic (exact) mass is 361 g/mol. The molecule has 0 saturated carbocycles. The molecule has 1 fully saturated rings. The number of hydrogen-bond donors (Lipinski definition) is 1. The summed E-state index contributed by atoms with van der Waals surface area (Å²) < 4.78 is 11.2. The Bertz CT molecular complexity index is 648. The molecule has 2 heterocycles. The maximum absolute atomic E-state index is 5.88. The fraction of sp³-hybridized carbons (Fsp3) is 0.526. The van der Waals surface area contributed by atoms with Crippen LogP contribution in [0.1, 0.15) is 21.8 Å². The highest BCUT2D eigenvalue weighted by atomic mass is 32.1. The summed E-state index contributed by atoms with van der Waals surface area (Å²) in [5.74, 6) is 0.915. The average Bonchev–Trinajstić information content (AvgIpc) is 3.05. The summed E-state index contributed by atoms with van der Waals surface area (Å²) in [7, 11) is 0. The van der Waals surface area contributed by atoms with E-state index in [0.717, 1.165) is 62.4 Å². The molecule has 2 aromatic rings. The lowest BCUT2D eigenvalue weighted by Gasteiger charge is -2.26. The highest BCUT2D eigenvalue weighted by molar-refractivity contribution is 7.09. The third-order valence-electron chi connectivity index (χ3n) is 4.17. The van der Waals surface area contributed by atoms with E-state index in [1.165, 1.54) is 11.1 Å². The molecule has 1 aliphatic rings. The Kier molecular flexibility index (Phi) is 6.81. The van der Waals surface area contributed by atoms with Gasteiger partial charge in [-0.2, -0.15) is 0 Å². The van der Waals surface area contributed by atoms with Crippen molar-refractivity contribution >= 4 is 11.3 Å². The van der Waals surface area contributed by atoms with Crippen LogP contribution in [-0.2, 0) is 17.9 Å². The summed E-state index contributed by atoms with van der Waals surface area (Å²) >= 11 is 1.66. The molecule has 0 unspecified atom stereocenters. The molecule has 0 atom stereocenters. The molecule has 0 aliphatic carbocycles. The number of morpholine rings is 1. The second-order valence-electron chi connectivity index (χ2n) is 6.48. The Morgan fingerprint density at radius 1 is 1.20 bits per heavy atom. The zero-order valence-electron chi connectivity index (χ0n) is 15.1. The molecule has 136 valence electrons. The lowest BCUT2D eigenvalue weighted by atomic mass is 10.1. The van der Waals surface area contributed by atoms with E-state index in [2.05, 4.69) is 52.6 Å². The van der Waals surface area contributed by atoms with E-state index in [1.54, 1.807) is 11.3 Å². The highest BCUT2D eigenvalue weighted by Crippen LogP contribution is 2.19. The summed E-state index contributed by atoms with van der Waals surface area (Å²) in [5.41, 5.74) is 3.53. The summed E-state index contributed by atoms with van der Waals surface area (Å²) in [5, 5.41) is 6.60. The van der Waals surface area contributed by atoms with Crippen molar-refractivity contribution < 1.29 is 9.47 Å². The highest BCUT2D eigenvalue weighted by Gasteiger charge is 2.09. The first-order chi connectivity index (χ1) is 12.2. The molecular weight excluding hydrogens is 334 g/mol. The van der Waals surface area contributed by atoms with Gasteiger partial charge < -0.3 is 14.8 Å². The maximum atomic E-state index is 5.88. The van der Waals surface area contributed by atoms with Crippen LogP contribution in [-0.4, -0.2) is 49.3 Å². The minimum absolute atomic E-state index is 0.529. The van der Waals surface area contributed by atoms with Crippen molar-refractivity contribution in [1.82, 2.24) is 15.2 Å². The zero-order valence-corrected chi connectivity index (χ0v) is 15.9. The molecule has 25 heavy (non-hydrogen) atoms. The SMILES string of the molecule is Cc1cc(C)cc(OCc2nc(CNCCN3CCOCC3)cs2)c1. The van der Waals surface area contributed by atoms with Crippen LogP contribution < -0.4 is 10.1 Å². The molecule has 0 amide bonds. The van der Waals surface area contributed by atoms with Gasteiger partial charge in [0.15, 0.2) is 0 Å². The van der Waals surface area contributed by atoms with Crippen LogP contribution in [0.2, 0.25) is 0 Å². The largest absolute Gasteiger partial charge is 0.486 e. The molecule has 0 bridgehead atoms. The Morgan fingerprint density at radius 3 is 2.72 bits per heavy atom. The van der Waals surface area contributed by atoms with Gasteiger partial charge in [-0.25, -0.2) is 4.98 Å². The van der Waals surface area contributed by atoms with Gasteiger partial charge in [-0.3, -0.25) is 4.90 Å². The molecule has 0 radical (unpaired) electrons. The predicted molar refractivity (Wildman–Crippen MR) is 101 cm³/mol. The van der Waals surface area contributed by atoms with Crippen molar-refractivity contribution in [3.05, 3.63) is 45.4 Å². The molecule has 0 spiro atoms. The molecule has 1 aromatic carbocycles. The number of rotatable bonds is 8. The van der Waals surface area contributed by atoms with Crippen molar-refractivity contribution in [2.24, 2.45) is 0 Å². The van der Waals surface area contributed by atoms with E-state index in [4.69, 9.17) is 9.47 Å². The number of aryl methyl sites for hydroxylation is 2. The normalized spacial score (nSPS) is 15.4. The average molecular weight is 362 g/mol. The van der Waals surface area contributed by atoms with Gasteiger partial charge in [0, 0.05) is 38.1 Å². The van der Waals surface area contributed by atoms with Crippen molar-refractivity contribution in [3.63, 3.8) is 0 Å². The van der Waals surface area contributed by atoms with Gasteiger partial charge in [-0.15, -0.1) is 11.3 Å². The summed E-state index contributed by atoms with van der Waals surface area (Å²) in [4.78, 5) is 7.08. The third-order valence-corrected chi connectivity index (χ3v) is 5.04. The van der Waals surface area contributed by atoms with Gasteiger partial charge in [0.05, 0.1) is 18.9 Å². The van der Waals surface area contributed by atoms with Crippen molar-refractivity contribution in [1.29, 1.82) is 0 Å². The molecule has 1 N–H and O–H groups in total. The van der Waals surface area contributed by atoms with E-state index in [-0.39, 0.29) is 0 Å². The predicted octanol–water partition coefficient (Wildman–Crippen LogP) is 2.76. The molecule has 1 aliphatic heterocycles. The van der Waals surface area contributed by atoms with Crippen LogP contribution in [0.4, 0.5) is 0 Å². The Balaban J connectivity index is 1.38. The van der Waals surface area contributed by atoms with Crippen LogP contribution >= 0.6 is 11.3 Å². The van der Waals surface area contributed by atoms with E-state index >= 15 is 0 Å². The van der Waals surface area contributed by atoms with E-state index in [0.29, 0.717) is 6.61 Å². The van der Waals surface area contributed by atoms with Crippen LogP contribution in [0, 0.1) is 13.8 Å². The van der Waals surface area contributed by atoms with E-state index < -0.39 is 0 Å². The van der Waals surface area contributed by atoms with Crippen molar-refractivity contribution in [3.8, 4) is 5.75 Å². The molecule has 6 heteroatoms. The number of nitrogens with one attached hydrogen (secondary N) is 1. The second kappa shape index (κ2) is 9.29. The topological polar surface area (TPSA) is 46.6 Å². The molecular formula is C19H27N3O2S. The van der Waals surface area contributed by atoms with Gasteiger partial charge in [0.1, 0.15) is 17.4 Å². The Hall–Kier alpha value is -1.47. The first kappa shape index (κ1) is 18.3. The summed E-state index contributed by atoms with van der Waals surface area (Å²) in [6.45, 7) is 11.4. The van der Waals surface area contributed by atoms with Crippen molar-refractivity contribution in [2.75, 3.05) is 39.4 Å². The number of benzene rings is 1. The molecule has 1 aromatic heterocycles. The second-order valence-corrected chi connectivity index (χ2v) is 7.42.